The Morgan fingerprint density at radius 2 is 1.94 bits per heavy atom. The number of amides is 1. The number of methoxy groups -OCH3 is 1. The van der Waals surface area contributed by atoms with Gasteiger partial charge in [-0.3, -0.25) is 4.79 Å². The number of aromatic nitrogens is 3. The summed E-state index contributed by atoms with van der Waals surface area (Å²) in [5.41, 5.74) is 3.13. The fraction of sp³-hybridized carbons (Fsp3) is 0.250. The van der Waals surface area contributed by atoms with Crippen molar-refractivity contribution in [3.63, 3.8) is 0 Å². The molecule has 176 valence electrons. The van der Waals surface area contributed by atoms with E-state index in [4.69, 9.17) is 4.74 Å². The molecule has 0 saturated heterocycles. The molecule has 0 saturated carbocycles. The van der Waals surface area contributed by atoms with Gasteiger partial charge < -0.3 is 14.6 Å². The van der Waals surface area contributed by atoms with E-state index in [1.165, 1.54) is 35.1 Å². The number of carbonyl (C=O) groups is 2. The van der Waals surface area contributed by atoms with Gasteiger partial charge in [-0.2, -0.15) is 0 Å². The topological polar surface area (TPSA) is 86.1 Å². The van der Waals surface area contributed by atoms with E-state index in [1.807, 2.05) is 59.5 Å². The summed E-state index contributed by atoms with van der Waals surface area (Å²) >= 11 is 4.32. The van der Waals surface area contributed by atoms with Crippen LogP contribution in [-0.2, 0) is 22.5 Å². The maximum absolute atomic E-state index is 12.8. The van der Waals surface area contributed by atoms with E-state index >= 15 is 0 Å². The fourth-order valence-electron chi connectivity index (χ4n) is 3.44. The first-order valence-electron chi connectivity index (χ1n) is 10.6. The molecule has 0 aliphatic rings. The number of hydrogen-bond acceptors (Lipinski definition) is 8. The molecule has 0 aliphatic heterocycles. The average Bonchev–Trinajstić information content (AvgIpc) is 3.58. The van der Waals surface area contributed by atoms with Crippen molar-refractivity contribution in [2.24, 2.45) is 0 Å². The number of nitrogens with one attached hydrogen (secondary N) is 1. The van der Waals surface area contributed by atoms with Gasteiger partial charge in [0, 0.05) is 28.8 Å². The number of nitrogens with zero attached hydrogens (tertiary/aromatic N) is 3. The molecule has 0 aliphatic carbocycles. The first-order valence-corrected chi connectivity index (χ1v) is 13.4. The van der Waals surface area contributed by atoms with Gasteiger partial charge in [-0.05, 0) is 30.9 Å². The number of ether oxygens (including phenoxy) is 1. The minimum atomic E-state index is -0.483. The number of benzene rings is 1. The van der Waals surface area contributed by atoms with E-state index in [0.717, 1.165) is 29.1 Å². The van der Waals surface area contributed by atoms with Crippen molar-refractivity contribution in [1.82, 2.24) is 14.8 Å². The fourth-order valence-corrected chi connectivity index (χ4v) is 5.93. The van der Waals surface area contributed by atoms with Gasteiger partial charge in [0.15, 0.2) is 5.16 Å². The number of aryl methyl sites for hydroxylation is 1. The van der Waals surface area contributed by atoms with Crippen LogP contribution < -0.4 is 5.32 Å². The third-order valence-corrected chi connectivity index (χ3v) is 7.89. The third-order valence-electron chi connectivity index (χ3n) is 5.15. The molecule has 0 fully saturated rings. The lowest BCUT2D eigenvalue weighted by atomic mass is 10.0. The van der Waals surface area contributed by atoms with Gasteiger partial charge in [0.2, 0.25) is 5.91 Å². The summed E-state index contributed by atoms with van der Waals surface area (Å²) in [5.74, 6) is 0.318. The molecule has 4 aromatic rings. The number of anilines is 1. The van der Waals surface area contributed by atoms with Crippen LogP contribution >= 0.6 is 34.4 Å². The lowest BCUT2D eigenvalue weighted by molar-refractivity contribution is -0.113. The molecule has 3 heterocycles. The zero-order valence-corrected chi connectivity index (χ0v) is 21.5. The standard InChI is InChI=1S/C24H24N4O3S3/c1-4-28-19(12-17-6-5-11-32-17)26-27-24(28)34-14-20(29)25-22-21(23(30)31-3)18(13-33-22)16-9-7-15(2)8-10-16/h5-11,13H,4,12,14H2,1-3H3,(H,25,29). The van der Waals surface area contributed by atoms with Gasteiger partial charge in [-0.1, -0.05) is 47.7 Å². The second kappa shape index (κ2) is 11.0. The van der Waals surface area contributed by atoms with Crippen molar-refractivity contribution in [1.29, 1.82) is 0 Å². The number of thiophene rings is 2. The lowest BCUT2D eigenvalue weighted by Gasteiger charge is -2.09. The van der Waals surface area contributed by atoms with Gasteiger partial charge in [-0.15, -0.1) is 32.9 Å². The number of thioether (sulfide) groups is 1. The summed E-state index contributed by atoms with van der Waals surface area (Å²) in [6.07, 6.45) is 0.713. The van der Waals surface area contributed by atoms with Crippen molar-refractivity contribution < 1.29 is 14.3 Å². The monoisotopic (exact) mass is 512 g/mol. The smallest absolute Gasteiger partial charge is 0.341 e. The Kier molecular flexibility index (Phi) is 7.81. The molecular formula is C24H24N4O3S3. The molecule has 0 bridgehead atoms. The molecule has 0 atom stereocenters. The highest BCUT2D eigenvalue weighted by atomic mass is 32.2. The maximum atomic E-state index is 12.8. The van der Waals surface area contributed by atoms with Crippen LogP contribution in [0.4, 0.5) is 5.00 Å². The molecule has 1 aromatic carbocycles. The van der Waals surface area contributed by atoms with Gasteiger partial charge in [0.25, 0.3) is 0 Å². The third kappa shape index (κ3) is 5.40. The summed E-state index contributed by atoms with van der Waals surface area (Å²) in [6.45, 7) is 4.76. The van der Waals surface area contributed by atoms with E-state index in [2.05, 4.69) is 21.6 Å². The summed E-state index contributed by atoms with van der Waals surface area (Å²) in [7, 11) is 1.34. The summed E-state index contributed by atoms with van der Waals surface area (Å²) in [5, 5.41) is 16.6. The van der Waals surface area contributed by atoms with Crippen LogP contribution in [0, 0.1) is 6.92 Å². The van der Waals surface area contributed by atoms with Crippen LogP contribution in [0.25, 0.3) is 11.1 Å². The highest BCUT2D eigenvalue weighted by molar-refractivity contribution is 7.99. The van der Waals surface area contributed by atoms with Crippen LogP contribution in [0.1, 0.15) is 33.5 Å². The second-order valence-corrected chi connectivity index (χ2v) is 10.3. The van der Waals surface area contributed by atoms with E-state index in [9.17, 15) is 9.59 Å². The van der Waals surface area contributed by atoms with Crippen LogP contribution in [0.3, 0.4) is 0 Å². The van der Waals surface area contributed by atoms with Gasteiger partial charge in [0.1, 0.15) is 16.4 Å². The Labute approximate surface area is 210 Å². The predicted molar refractivity (Wildman–Crippen MR) is 138 cm³/mol. The zero-order valence-electron chi connectivity index (χ0n) is 19.0. The van der Waals surface area contributed by atoms with Crippen molar-refractivity contribution in [2.45, 2.75) is 32.0 Å². The summed E-state index contributed by atoms with van der Waals surface area (Å²) in [4.78, 5) is 26.5. The molecule has 7 nitrogen and oxygen atoms in total. The maximum Gasteiger partial charge on any atom is 0.341 e. The number of carbonyl (C=O) groups excluding carboxylic acids is 2. The Hall–Kier alpha value is -2.95. The van der Waals surface area contributed by atoms with Crippen molar-refractivity contribution in [3.05, 3.63) is 69.0 Å². The first kappa shape index (κ1) is 24.2. The van der Waals surface area contributed by atoms with Gasteiger partial charge in [0.05, 0.1) is 12.9 Å². The molecular weight excluding hydrogens is 488 g/mol. The summed E-state index contributed by atoms with van der Waals surface area (Å²) < 4.78 is 7.02. The van der Waals surface area contributed by atoms with Crippen LogP contribution in [0.2, 0.25) is 0 Å². The number of esters is 1. The molecule has 0 spiro atoms. The van der Waals surface area contributed by atoms with E-state index in [-0.39, 0.29) is 11.7 Å². The van der Waals surface area contributed by atoms with Crippen LogP contribution in [0.15, 0.2) is 52.3 Å². The highest BCUT2D eigenvalue weighted by Gasteiger charge is 2.23. The second-order valence-electron chi connectivity index (χ2n) is 7.45. The predicted octanol–water partition coefficient (Wildman–Crippen LogP) is 5.50. The zero-order chi connectivity index (χ0) is 24.1. The van der Waals surface area contributed by atoms with Crippen molar-refractivity contribution >= 4 is 51.3 Å². The lowest BCUT2D eigenvalue weighted by Crippen LogP contribution is -2.16. The average molecular weight is 513 g/mol. The van der Waals surface area contributed by atoms with Crippen molar-refractivity contribution in [3.8, 4) is 11.1 Å². The van der Waals surface area contributed by atoms with Gasteiger partial charge in [-0.25, -0.2) is 4.79 Å². The largest absolute Gasteiger partial charge is 0.465 e. The molecule has 0 unspecified atom stereocenters. The van der Waals surface area contributed by atoms with E-state index in [0.29, 0.717) is 22.1 Å². The van der Waals surface area contributed by atoms with Crippen molar-refractivity contribution in [2.75, 3.05) is 18.2 Å². The molecule has 3 aromatic heterocycles. The Morgan fingerprint density at radius 1 is 1.15 bits per heavy atom. The molecule has 1 N–H and O–H groups in total. The molecule has 0 radical (unpaired) electrons. The van der Waals surface area contributed by atoms with Crippen LogP contribution in [-0.4, -0.2) is 39.5 Å². The van der Waals surface area contributed by atoms with E-state index in [1.54, 1.807) is 11.3 Å². The quantitative estimate of drug-likeness (QED) is 0.235. The molecule has 4 rings (SSSR count). The Bertz CT molecular complexity index is 1280. The Balaban J connectivity index is 1.47. The summed E-state index contributed by atoms with van der Waals surface area (Å²) in [6, 6.07) is 12.0. The number of rotatable bonds is 9. The first-order chi connectivity index (χ1) is 16.5. The number of hydrogen-bond donors (Lipinski definition) is 1. The molecule has 34 heavy (non-hydrogen) atoms. The van der Waals surface area contributed by atoms with Gasteiger partial charge >= 0.3 is 5.97 Å². The SMILES string of the molecule is CCn1c(Cc2cccs2)nnc1SCC(=O)Nc1scc(-c2ccc(C)cc2)c1C(=O)OC. The van der Waals surface area contributed by atoms with Crippen LogP contribution in [0.5, 0.6) is 0 Å². The minimum Gasteiger partial charge on any atom is -0.465 e. The highest BCUT2D eigenvalue weighted by Crippen LogP contribution is 2.36. The van der Waals surface area contributed by atoms with E-state index < -0.39 is 5.97 Å². The molecule has 10 heteroatoms. The Morgan fingerprint density at radius 3 is 2.62 bits per heavy atom. The normalized spacial score (nSPS) is 10.9. The minimum absolute atomic E-state index is 0.148. The molecule has 1 amide bonds.